The van der Waals surface area contributed by atoms with Crippen molar-refractivity contribution in [2.75, 3.05) is 5.43 Å². The number of benzene rings is 1. The summed E-state index contributed by atoms with van der Waals surface area (Å²) in [7, 11) is 0. The third kappa shape index (κ3) is 2.09. The first-order valence-corrected chi connectivity index (χ1v) is 4.86. The van der Waals surface area contributed by atoms with Crippen LogP contribution in [0.4, 0.5) is 5.69 Å². The van der Waals surface area contributed by atoms with E-state index in [1.54, 1.807) is 12.3 Å². The molecule has 1 aromatic carbocycles. The number of rotatable bonds is 2. The molecule has 0 radical (unpaired) electrons. The van der Waals surface area contributed by atoms with Crippen LogP contribution in [0.2, 0.25) is 5.02 Å². The van der Waals surface area contributed by atoms with E-state index in [0.717, 1.165) is 16.9 Å². The van der Waals surface area contributed by atoms with Crippen LogP contribution in [0.15, 0.2) is 42.6 Å². The second-order valence-corrected chi connectivity index (χ2v) is 3.46. The van der Waals surface area contributed by atoms with Gasteiger partial charge in [-0.25, -0.2) is 0 Å². The molecule has 0 aliphatic heterocycles. The Morgan fingerprint density at radius 2 is 2.00 bits per heavy atom. The first-order chi connectivity index (χ1) is 7.31. The van der Waals surface area contributed by atoms with Gasteiger partial charge in [-0.3, -0.25) is 10.8 Å². The first kappa shape index (κ1) is 9.96. The van der Waals surface area contributed by atoms with Crippen molar-refractivity contribution in [3.8, 4) is 11.3 Å². The van der Waals surface area contributed by atoms with Crippen LogP contribution in [0.5, 0.6) is 0 Å². The van der Waals surface area contributed by atoms with E-state index in [1.165, 1.54) is 0 Å². The summed E-state index contributed by atoms with van der Waals surface area (Å²) in [5.74, 6) is 5.32. The van der Waals surface area contributed by atoms with Gasteiger partial charge in [0.15, 0.2) is 0 Å². The lowest BCUT2D eigenvalue weighted by atomic mass is 10.1. The highest BCUT2D eigenvalue weighted by Gasteiger charge is 2.03. The maximum Gasteiger partial charge on any atom is 0.0737 e. The minimum absolute atomic E-state index is 0.680. The van der Waals surface area contributed by atoms with Gasteiger partial charge in [0.2, 0.25) is 0 Å². The Bertz CT molecular complexity index is 471. The zero-order valence-corrected chi connectivity index (χ0v) is 8.70. The molecule has 0 saturated carbocycles. The molecule has 0 spiro atoms. The molecule has 0 fully saturated rings. The lowest BCUT2D eigenvalue weighted by Crippen LogP contribution is -2.06. The average molecular weight is 220 g/mol. The number of nitrogens with two attached hydrogens (primary N) is 1. The van der Waals surface area contributed by atoms with E-state index in [4.69, 9.17) is 17.4 Å². The zero-order valence-electron chi connectivity index (χ0n) is 7.94. The molecule has 0 atom stereocenters. The topological polar surface area (TPSA) is 50.9 Å². The molecule has 0 unspecified atom stereocenters. The van der Waals surface area contributed by atoms with Gasteiger partial charge >= 0.3 is 0 Å². The summed E-state index contributed by atoms with van der Waals surface area (Å²) in [4.78, 5) is 4.24. The second kappa shape index (κ2) is 4.29. The second-order valence-electron chi connectivity index (χ2n) is 3.05. The number of nitrogen functional groups attached to an aromatic ring is 1. The van der Waals surface area contributed by atoms with E-state index in [0.29, 0.717) is 5.02 Å². The smallest absolute Gasteiger partial charge is 0.0737 e. The van der Waals surface area contributed by atoms with Crippen LogP contribution in [0.1, 0.15) is 0 Å². The van der Waals surface area contributed by atoms with Gasteiger partial charge in [-0.1, -0.05) is 29.8 Å². The molecule has 0 amide bonds. The van der Waals surface area contributed by atoms with Crippen molar-refractivity contribution >= 4 is 17.3 Å². The number of nitrogens with one attached hydrogen (secondary N) is 1. The number of hydrogen-bond donors (Lipinski definition) is 2. The normalized spacial score (nSPS) is 10.0. The molecule has 3 nitrogen and oxygen atoms in total. The quantitative estimate of drug-likeness (QED) is 0.603. The average Bonchev–Trinajstić information content (AvgIpc) is 2.30. The van der Waals surface area contributed by atoms with Crippen molar-refractivity contribution in [2.24, 2.45) is 5.84 Å². The lowest BCUT2D eigenvalue weighted by Gasteiger charge is -2.05. The van der Waals surface area contributed by atoms with Crippen LogP contribution < -0.4 is 11.3 Å². The summed E-state index contributed by atoms with van der Waals surface area (Å²) in [5.41, 5.74) is 5.08. The number of halogens is 1. The molecule has 76 valence electrons. The van der Waals surface area contributed by atoms with E-state index in [-0.39, 0.29) is 0 Å². The first-order valence-electron chi connectivity index (χ1n) is 4.49. The minimum atomic E-state index is 0.680. The van der Waals surface area contributed by atoms with Gasteiger partial charge in [0.05, 0.1) is 11.4 Å². The van der Waals surface area contributed by atoms with Gasteiger partial charge in [-0.15, -0.1) is 0 Å². The van der Waals surface area contributed by atoms with Crippen molar-refractivity contribution in [2.45, 2.75) is 0 Å². The summed E-state index contributed by atoms with van der Waals surface area (Å²) in [5, 5.41) is 0.680. The summed E-state index contributed by atoms with van der Waals surface area (Å²) >= 11 is 6.06. The summed E-state index contributed by atoms with van der Waals surface area (Å²) in [6.45, 7) is 0. The summed E-state index contributed by atoms with van der Waals surface area (Å²) in [6, 6.07) is 11.2. The molecule has 2 aromatic rings. The Morgan fingerprint density at radius 3 is 2.73 bits per heavy atom. The molecule has 0 aliphatic carbocycles. The highest BCUT2D eigenvalue weighted by Crippen LogP contribution is 2.26. The van der Waals surface area contributed by atoms with Gasteiger partial charge in [-0.2, -0.15) is 0 Å². The fourth-order valence-electron chi connectivity index (χ4n) is 1.34. The van der Waals surface area contributed by atoms with Gasteiger partial charge in [0.1, 0.15) is 0 Å². The number of hydrogen-bond acceptors (Lipinski definition) is 3. The molecular weight excluding hydrogens is 210 g/mol. The van der Waals surface area contributed by atoms with Crippen molar-refractivity contribution < 1.29 is 0 Å². The molecule has 15 heavy (non-hydrogen) atoms. The van der Waals surface area contributed by atoms with Crippen LogP contribution in [-0.4, -0.2) is 4.98 Å². The van der Waals surface area contributed by atoms with Crippen molar-refractivity contribution in [1.82, 2.24) is 4.98 Å². The Labute approximate surface area is 92.9 Å². The Morgan fingerprint density at radius 1 is 1.20 bits per heavy atom. The van der Waals surface area contributed by atoms with Crippen LogP contribution in [-0.2, 0) is 0 Å². The number of hydrazine groups is 1. The van der Waals surface area contributed by atoms with Crippen LogP contribution >= 0.6 is 11.6 Å². The molecule has 2 rings (SSSR count). The largest absolute Gasteiger partial charge is 0.324 e. The van der Waals surface area contributed by atoms with Crippen molar-refractivity contribution in [1.29, 1.82) is 0 Å². The standard InChI is InChI=1S/C11H10ClN3/c12-10-4-2-1-3-9(10)11-7-8(15-13)5-6-14-11/h1-7H,13H2,(H,14,15). The van der Waals surface area contributed by atoms with Gasteiger partial charge < -0.3 is 5.43 Å². The Hall–Kier alpha value is -1.58. The van der Waals surface area contributed by atoms with E-state index in [2.05, 4.69) is 10.4 Å². The molecular formula is C11H10ClN3. The third-order valence-electron chi connectivity index (χ3n) is 2.08. The van der Waals surface area contributed by atoms with Gasteiger partial charge in [-0.05, 0) is 18.2 Å². The monoisotopic (exact) mass is 219 g/mol. The molecule has 1 heterocycles. The molecule has 4 heteroatoms. The number of pyridine rings is 1. The maximum atomic E-state index is 6.06. The highest BCUT2D eigenvalue weighted by molar-refractivity contribution is 6.33. The molecule has 3 N–H and O–H groups in total. The predicted molar refractivity (Wildman–Crippen MR) is 62.5 cm³/mol. The van der Waals surface area contributed by atoms with Crippen LogP contribution in [0.25, 0.3) is 11.3 Å². The van der Waals surface area contributed by atoms with Crippen molar-refractivity contribution in [3.05, 3.63) is 47.6 Å². The van der Waals surface area contributed by atoms with Gasteiger partial charge in [0, 0.05) is 16.8 Å². The predicted octanol–water partition coefficient (Wildman–Crippen LogP) is 2.69. The van der Waals surface area contributed by atoms with Gasteiger partial charge in [0.25, 0.3) is 0 Å². The third-order valence-corrected chi connectivity index (χ3v) is 2.41. The summed E-state index contributed by atoms with van der Waals surface area (Å²) < 4.78 is 0. The minimum Gasteiger partial charge on any atom is -0.324 e. The maximum absolute atomic E-state index is 6.06. The van der Waals surface area contributed by atoms with E-state index >= 15 is 0 Å². The molecule has 0 aliphatic rings. The number of anilines is 1. The van der Waals surface area contributed by atoms with Crippen LogP contribution in [0, 0.1) is 0 Å². The fourth-order valence-corrected chi connectivity index (χ4v) is 1.57. The Balaban J connectivity index is 2.49. The van der Waals surface area contributed by atoms with E-state index in [9.17, 15) is 0 Å². The highest BCUT2D eigenvalue weighted by atomic mass is 35.5. The van der Waals surface area contributed by atoms with Crippen molar-refractivity contribution in [3.63, 3.8) is 0 Å². The summed E-state index contributed by atoms with van der Waals surface area (Å²) in [6.07, 6.45) is 1.69. The number of nitrogens with zero attached hydrogens (tertiary/aromatic N) is 1. The molecule has 0 saturated heterocycles. The molecule has 1 aromatic heterocycles. The number of aromatic nitrogens is 1. The molecule has 0 bridgehead atoms. The fraction of sp³-hybridized carbons (Fsp3) is 0. The van der Waals surface area contributed by atoms with E-state index < -0.39 is 0 Å². The van der Waals surface area contributed by atoms with Crippen LogP contribution in [0.3, 0.4) is 0 Å². The lowest BCUT2D eigenvalue weighted by molar-refractivity contribution is 1.28. The zero-order chi connectivity index (χ0) is 10.7. The van der Waals surface area contributed by atoms with E-state index in [1.807, 2.05) is 30.3 Å². The Kier molecular flexibility index (Phi) is 2.85. The SMILES string of the molecule is NNc1ccnc(-c2ccccc2Cl)c1.